The highest BCUT2D eigenvalue weighted by atomic mass is 32.2. The molecule has 1 N–H and O–H groups in total. The van der Waals surface area contributed by atoms with E-state index in [9.17, 15) is 4.21 Å². The molecule has 0 spiro atoms. The highest BCUT2D eigenvalue weighted by molar-refractivity contribution is 7.82. The molecule has 2 nitrogen and oxygen atoms in total. The van der Waals surface area contributed by atoms with Crippen LogP contribution in [-0.2, 0) is 11.1 Å². The van der Waals surface area contributed by atoms with Gasteiger partial charge in [0.1, 0.15) is 0 Å². The summed E-state index contributed by atoms with van der Waals surface area (Å²) < 4.78 is 18.8. The maximum Gasteiger partial charge on any atom is 0.178 e. The van der Waals surface area contributed by atoms with Gasteiger partial charge in [-0.25, -0.2) is 4.21 Å². The lowest BCUT2D eigenvalue weighted by Gasteiger charge is -2.01. The number of hydrogen-bond acceptors (Lipinski definition) is 1. The average Bonchev–Trinajstić information content (AvgIpc) is 2.30. The Labute approximate surface area is 109 Å². The third kappa shape index (κ3) is 15.9. The molecular weight excluding hydrogens is 232 g/mol. The van der Waals surface area contributed by atoms with E-state index in [1.54, 1.807) is 6.08 Å². The first-order valence-electron chi connectivity index (χ1n) is 7.03. The minimum atomic E-state index is -1.76. The Morgan fingerprint density at radius 3 is 1.82 bits per heavy atom. The second kappa shape index (κ2) is 13.9. The van der Waals surface area contributed by atoms with Gasteiger partial charge >= 0.3 is 0 Å². The maximum atomic E-state index is 10.3. The van der Waals surface area contributed by atoms with Crippen LogP contribution in [0, 0.1) is 0 Å². The van der Waals surface area contributed by atoms with Gasteiger partial charge in [0.15, 0.2) is 11.1 Å². The zero-order chi connectivity index (χ0) is 12.8. The Bertz CT molecular complexity index is 202. The van der Waals surface area contributed by atoms with Crippen LogP contribution in [0.2, 0.25) is 0 Å². The van der Waals surface area contributed by atoms with E-state index in [0.717, 1.165) is 12.8 Å². The SMILES string of the molecule is CCCCCCCCCCCC/C=C/S(=O)O. The second-order valence-corrected chi connectivity index (χ2v) is 5.44. The molecule has 0 bridgehead atoms. The molecule has 0 amide bonds. The molecule has 1 atom stereocenters. The predicted octanol–water partition coefficient (Wildman–Crippen LogP) is 5.03. The molecule has 0 aromatic carbocycles. The molecule has 17 heavy (non-hydrogen) atoms. The summed E-state index contributed by atoms with van der Waals surface area (Å²) in [5, 5.41) is 1.35. The molecular formula is C14H28O2S. The molecule has 0 aliphatic rings. The number of allylic oxidation sites excluding steroid dienone is 1. The van der Waals surface area contributed by atoms with Gasteiger partial charge in [0.25, 0.3) is 0 Å². The topological polar surface area (TPSA) is 37.3 Å². The molecule has 0 fully saturated rings. The van der Waals surface area contributed by atoms with Crippen molar-refractivity contribution in [1.29, 1.82) is 0 Å². The number of unbranched alkanes of at least 4 members (excludes halogenated alkanes) is 10. The van der Waals surface area contributed by atoms with Crippen molar-refractivity contribution in [3.05, 3.63) is 11.5 Å². The summed E-state index contributed by atoms with van der Waals surface area (Å²) in [5.74, 6) is 0. The van der Waals surface area contributed by atoms with Crippen LogP contribution in [0.25, 0.3) is 0 Å². The fourth-order valence-electron chi connectivity index (χ4n) is 1.90. The van der Waals surface area contributed by atoms with Gasteiger partial charge in [-0.1, -0.05) is 70.8 Å². The summed E-state index contributed by atoms with van der Waals surface area (Å²) in [6, 6.07) is 0. The summed E-state index contributed by atoms with van der Waals surface area (Å²) in [7, 11) is 0. The lowest BCUT2D eigenvalue weighted by atomic mass is 10.1. The first-order valence-corrected chi connectivity index (χ1v) is 8.20. The molecule has 1 unspecified atom stereocenters. The summed E-state index contributed by atoms with van der Waals surface area (Å²) in [4.78, 5) is 0. The van der Waals surface area contributed by atoms with E-state index in [1.165, 1.54) is 63.2 Å². The van der Waals surface area contributed by atoms with Crippen molar-refractivity contribution in [2.45, 2.75) is 77.6 Å². The van der Waals surface area contributed by atoms with E-state index in [4.69, 9.17) is 4.55 Å². The first kappa shape index (κ1) is 16.9. The van der Waals surface area contributed by atoms with Gasteiger partial charge in [-0.2, -0.15) is 0 Å². The summed E-state index contributed by atoms with van der Waals surface area (Å²) in [6.45, 7) is 2.25. The highest BCUT2D eigenvalue weighted by Gasteiger charge is 1.92. The summed E-state index contributed by atoms with van der Waals surface area (Å²) in [6.07, 6.45) is 16.1. The Morgan fingerprint density at radius 1 is 0.882 bits per heavy atom. The predicted molar refractivity (Wildman–Crippen MR) is 76.4 cm³/mol. The van der Waals surface area contributed by atoms with Crippen molar-refractivity contribution >= 4 is 11.1 Å². The third-order valence-electron chi connectivity index (χ3n) is 2.94. The van der Waals surface area contributed by atoms with E-state index < -0.39 is 11.1 Å². The van der Waals surface area contributed by atoms with Crippen molar-refractivity contribution in [3.63, 3.8) is 0 Å². The van der Waals surface area contributed by atoms with Gasteiger partial charge in [-0.15, -0.1) is 0 Å². The zero-order valence-electron chi connectivity index (χ0n) is 11.2. The maximum absolute atomic E-state index is 10.3. The second-order valence-electron chi connectivity index (χ2n) is 4.62. The largest absolute Gasteiger partial charge is 0.303 e. The number of hydrogen-bond donors (Lipinski definition) is 1. The van der Waals surface area contributed by atoms with Crippen molar-refractivity contribution in [2.24, 2.45) is 0 Å². The Kier molecular flexibility index (Phi) is 13.8. The van der Waals surface area contributed by atoms with Gasteiger partial charge in [0.05, 0.1) is 0 Å². The van der Waals surface area contributed by atoms with Gasteiger partial charge in [0.2, 0.25) is 0 Å². The normalized spacial score (nSPS) is 13.3. The molecule has 0 aliphatic carbocycles. The van der Waals surface area contributed by atoms with Gasteiger partial charge in [-0.05, 0) is 12.8 Å². The van der Waals surface area contributed by atoms with E-state index in [1.807, 2.05) is 0 Å². The molecule has 0 radical (unpaired) electrons. The molecule has 102 valence electrons. The van der Waals surface area contributed by atoms with Crippen LogP contribution < -0.4 is 0 Å². The zero-order valence-corrected chi connectivity index (χ0v) is 12.0. The first-order chi connectivity index (χ1) is 8.27. The van der Waals surface area contributed by atoms with Crippen molar-refractivity contribution in [2.75, 3.05) is 0 Å². The molecule has 0 saturated heterocycles. The van der Waals surface area contributed by atoms with Crippen LogP contribution in [0.4, 0.5) is 0 Å². The van der Waals surface area contributed by atoms with E-state index in [-0.39, 0.29) is 0 Å². The van der Waals surface area contributed by atoms with Crippen LogP contribution in [0.15, 0.2) is 11.5 Å². The minimum absolute atomic E-state index is 0.933. The Hall–Kier alpha value is -0.150. The highest BCUT2D eigenvalue weighted by Crippen LogP contribution is 2.11. The molecule has 0 aliphatic heterocycles. The van der Waals surface area contributed by atoms with Gasteiger partial charge < -0.3 is 4.55 Å². The van der Waals surface area contributed by atoms with E-state index >= 15 is 0 Å². The van der Waals surface area contributed by atoms with E-state index in [0.29, 0.717) is 0 Å². The van der Waals surface area contributed by atoms with Crippen molar-refractivity contribution in [3.8, 4) is 0 Å². The van der Waals surface area contributed by atoms with Crippen molar-refractivity contribution < 1.29 is 8.76 Å². The lowest BCUT2D eigenvalue weighted by Crippen LogP contribution is -1.82. The monoisotopic (exact) mass is 260 g/mol. The molecule has 0 aromatic heterocycles. The minimum Gasteiger partial charge on any atom is -0.303 e. The Balaban J connectivity index is 3.01. The molecule has 0 rings (SSSR count). The van der Waals surface area contributed by atoms with E-state index in [2.05, 4.69) is 6.92 Å². The summed E-state index contributed by atoms with van der Waals surface area (Å²) in [5.41, 5.74) is 0. The standard InChI is InChI=1S/C14H28O2S/c1-2-3-4-5-6-7-8-9-10-11-12-13-14-17(15)16/h13-14H,2-12H2,1H3,(H,15,16)/b14-13+. The molecule has 0 aromatic rings. The molecule has 3 heteroatoms. The van der Waals surface area contributed by atoms with Gasteiger partial charge in [-0.3, -0.25) is 0 Å². The molecule has 0 saturated carbocycles. The van der Waals surface area contributed by atoms with Crippen LogP contribution in [-0.4, -0.2) is 8.76 Å². The molecule has 0 heterocycles. The lowest BCUT2D eigenvalue weighted by molar-refractivity contribution is 0.557. The van der Waals surface area contributed by atoms with Crippen molar-refractivity contribution in [1.82, 2.24) is 0 Å². The van der Waals surface area contributed by atoms with Gasteiger partial charge in [0, 0.05) is 5.41 Å². The average molecular weight is 260 g/mol. The smallest absolute Gasteiger partial charge is 0.178 e. The van der Waals surface area contributed by atoms with Crippen LogP contribution in [0.3, 0.4) is 0 Å². The third-order valence-corrected chi connectivity index (χ3v) is 3.36. The van der Waals surface area contributed by atoms with Crippen LogP contribution >= 0.6 is 0 Å². The van der Waals surface area contributed by atoms with Crippen LogP contribution in [0.1, 0.15) is 77.6 Å². The summed E-state index contributed by atoms with van der Waals surface area (Å²) >= 11 is -1.76. The fourth-order valence-corrected chi connectivity index (χ4v) is 2.20. The fraction of sp³-hybridized carbons (Fsp3) is 0.857. The number of rotatable bonds is 12. The Morgan fingerprint density at radius 2 is 1.35 bits per heavy atom. The quantitative estimate of drug-likeness (QED) is 0.394. The van der Waals surface area contributed by atoms with Crippen LogP contribution in [0.5, 0.6) is 0 Å².